The smallest absolute Gasteiger partial charge is 0.119 e. The van der Waals surface area contributed by atoms with Crippen molar-refractivity contribution in [1.82, 2.24) is 0 Å². The van der Waals surface area contributed by atoms with Crippen LogP contribution >= 0.6 is 0 Å². The standard InChI is InChI=1S/C14H21O2/c1-3-5-7-16-14-9-12(6-4-2)8-13(10-14)11-15/h8-11,15H,3-7H2,1-2H3. The average Bonchev–Trinajstić information content (AvgIpc) is 2.29. The highest BCUT2D eigenvalue weighted by Gasteiger charge is 2.01. The number of aryl methyl sites for hydroxylation is 1. The monoisotopic (exact) mass is 221 g/mol. The third-order valence-electron chi connectivity index (χ3n) is 2.44. The van der Waals surface area contributed by atoms with Gasteiger partial charge in [0.1, 0.15) is 12.4 Å². The maximum absolute atomic E-state index is 9.05. The third-order valence-corrected chi connectivity index (χ3v) is 2.44. The largest absolute Gasteiger partial charge is 0.494 e. The molecule has 1 aromatic rings. The van der Waals surface area contributed by atoms with Crippen LogP contribution in [-0.2, 0) is 6.42 Å². The van der Waals surface area contributed by atoms with E-state index in [4.69, 9.17) is 9.84 Å². The van der Waals surface area contributed by atoms with E-state index < -0.39 is 0 Å². The lowest BCUT2D eigenvalue weighted by molar-refractivity contribution is 0.308. The van der Waals surface area contributed by atoms with E-state index in [-0.39, 0.29) is 0 Å². The summed E-state index contributed by atoms with van der Waals surface area (Å²) in [6.45, 7) is 6.17. The van der Waals surface area contributed by atoms with Gasteiger partial charge < -0.3 is 9.84 Å². The molecule has 0 aliphatic heterocycles. The molecule has 1 aromatic carbocycles. The fourth-order valence-electron chi connectivity index (χ4n) is 1.61. The zero-order chi connectivity index (χ0) is 11.8. The van der Waals surface area contributed by atoms with Crippen molar-refractivity contribution >= 4 is 0 Å². The average molecular weight is 221 g/mol. The summed E-state index contributed by atoms with van der Waals surface area (Å²) in [4.78, 5) is 0. The van der Waals surface area contributed by atoms with Gasteiger partial charge in [-0.25, -0.2) is 0 Å². The van der Waals surface area contributed by atoms with E-state index in [1.807, 2.05) is 12.1 Å². The summed E-state index contributed by atoms with van der Waals surface area (Å²) < 4.78 is 5.64. The summed E-state index contributed by atoms with van der Waals surface area (Å²) in [6, 6.07) is 5.93. The molecular formula is C14H21O2. The normalized spacial score (nSPS) is 10.4. The summed E-state index contributed by atoms with van der Waals surface area (Å²) in [5.74, 6) is 0.861. The highest BCUT2D eigenvalue weighted by atomic mass is 16.5. The summed E-state index contributed by atoms with van der Waals surface area (Å²) in [5.41, 5.74) is 2.04. The van der Waals surface area contributed by atoms with Crippen molar-refractivity contribution in [3.05, 3.63) is 35.9 Å². The zero-order valence-electron chi connectivity index (χ0n) is 10.2. The first-order valence-corrected chi connectivity index (χ1v) is 6.04. The van der Waals surface area contributed by atoms with Gasteiger partial charge >= 0.3 is 0 Å². The van der Waals surface area contributed by atoms with Crippen LogP contribution in [0.25, 0.3) is 0 Å². The van der Waals surface area contributed by atoms with E-state index in [1.165, 1.54) is 5.56 Å². The van der Waals surface area contributed by atoms with Crippen LogP contribution in [0.3, 0.4) is 0 Å². The number of rotatable bonds is 7. The van der Waals surface area contributed by atoms with Crippen molar-refractivity contribution in [2.24, 2.45) is 0 Å². The molecule has 0 spiro atoms. The first-order valence-electron chi connectivity index (χ1n) is 6.04. The Hall–Kier alpha value is -1.02. The lowest BCUT2D eigenvalue weighted by Crippen LogP contribution is -1.98. The van der Waals surface area contributed by atoms with Crippen LogP contribution in [-0.4, -0.2) is 11.7 Å². The summed E-state index contributed by atoms with van der Waals surface area (Å²) in [7, 11) is 0. The van der Waals surface area contributed by atoms with Crippen molar-refractivity contribution in [3.63, 3.8) is 0 Å². The maximum Gasteiger partial charge on any atom is 0.119 e. The molecule has 0 saturated carbocycles. The number of aliphatic hydroxyl groups excluding tert-OH is 1. The van der Waals surface area contributed by atoms with Crippen molar-refractivity contribution in [2.75, 3.05) is 6.61 Å². The van der Waals surface area contributed by atoms with Gasteiger partial charge in [-0.2, -0.15) is 0 Å². The molecule has 0 amide bonds. The lowest BCUT2D eigenvalue weighted by Gasteiger charge is -2.09. The molecular weight excluding hydrogens is 200 g/mol. The summed E-state index contributed by atoms with van der Waals surface area (Å²) in [6.07, 6.45) is 4.32. The second-order valence-corrected chi connectivity index (χ2v) is 3.99. The molecule has 2 nitrogen and oxygen atoms in total. The van der Waals surface area contributed by atoms with Gasteiger partial charge in [0, 0.05) is 0 Å². The molecule has 0 aromatic heterocycles. The van der Waals surface area contributed by atoms with E-state index >= 15 is 0 Å². The number of aliphatic hydroxyl groups is 1. The van der Waals surface area contributed by atoms with Gasteiger partial charge in [-0.1, -0.05) is 32.8 Å². The van der Waals surface area contributed by atoms with Crippen molar-refractivity contribution in [2.45, 2.75) is 39.5 Å². The van der Waals surface area contributed by atoms with E-state index in [2.05, 4.69) is 19.9 Å². The highest BCUT2D eigenvalue weighted by molar-refractivity contribution is 5.36. The van der Waals surface area contributed by atoms with Crippen LogP contribution in [0.2, 0.25) is 0 Å². The molecule has 1 N–H and O–H groups in total. The molecule has 0 unspecified atom stereocenters. The first kappa shape index (κ1) is 13.0. The second-order valence-electron chi connectivity index (χ2n) is 3.99. The summed E-state index contributed by atoms with van der Waals surface area (Å²) >= 11 is 0. The number of hydrogen-bond donors (Lipinski definition) is 1. The fourth-order valence-corrected chi connectivity index (χ4v) is 1.61. The van der Waals surface area contributed by atoms with E-state index in [0.717, 1.165) is 50.2 Å². The van der Waals surface area contributed by atoms with Gasteiger partial charge in [0.2, 0.25) is 0 Å². The Morgan fingerprint density at radius 2 is 2.00 bits per heavy atom. The van der Waals surface area contributed by atoms with Gasteiger partial charge in [0.15, 0.2) is 0 Å². The second kappa shape index (κ2) is 7.29. The number of ether oxygens (including phenoxy) is 1. The van der Waals surface area contributed by atoms with Crippen LogP contribution < -0.4 is 4.74 Å². The minimum atomic E-state index is 0.747. The van der Waals surface area contributed by atoms with Gasteiger partial charge in [-0.15, -0.1) is 0 Å². The van der Waals surface area contributed by atoms with Gasteiger partial charge in [-0.05, 0) is 36.1 Å². The number of hydrogen-bond acceptors (Lipinski definition) is 2. The van der Waals surface area contributed by atoms with Crippen molar-refractivity contribution in [3.8, 4) is 5.75 Å². The van der Waals surface area contributed by atoms with Crippen LogP contribution in [0.5, 0.6) is 5.75 Å². The van der Waals surface area contributed by atoms with Gasteiger partial charge in [-0.3, -0.25) is 0 Å². The van der Waals surface area contributed by atoms with E-state index in [1.54, 1.807) is 0 Å². The predicted molar refractivity (Wildman–Crippen MR) is 66.2 cm³/mol. The Balaban J connectivity index is 2.69. The molecule has 16 heavy (non-hydrogen) atoms. The molecule has 0 fully saturated rings. The molecule has 0 heterocycles. The van der Waals surface area contributed by atoms with Crippen LogP contribution in [0.15, 0.2) is 18.2 Å². The van der Waals surface area contributed by atoms with E-state index in [0.29, 0.717) is 0 Å². The molecule has 0 bridgehead atoms. The quantitative estimate of drug-likeness (QED) is 0.711. The lowest BCUT2D eigenvalue weighted by atomic mass is 10.1. The molecule has 2 heteroatoms. The molecule has 89 valence electrons. The minimum Gasteiger partial charge on any atom is -0.494 e. The van der Waals surface area contributed by atoms with Crippen LogP contribution in [0.4, 0.5) is 0 Å². The molecule has 1 rings (SSSR count). The highest BCUT2D eigenvalue weighted by Crippen LogP contribution is 2.19. The molecule has 0 aliphatic carbocycles. The van der Waals surface area contributed by atoms with Crippen LogP contribution in [0.1, 0.15) is 44.2 Å². The third kappa shape index (κ3) is 4.23. The first-order chi connectivity index (χ1) is 7.80. The Kier molecular flexibility index (Phi) is 5.94. The molecule has 0 atom stereocenters. The Labute approximate surface area is 98.3 Å². The zero-order valence-corrected chi connectivity index (χ0v) is 10.2. The van der Waals surface area contributed by atoms with Crippen LogP contribution in [0, 0.1) is 6.61 Å². The molecule has 0 aliphatic rings. The maximum atomic E-state index is 9.05. The Morgan fingerprint density at radius 1 is 1.19 bits per heavy atom. The SMILES string of the molecule is CCCCOc1cc([CH]O)cc(CCC)c1. The fraction of sp³-hybridized carbons (Fsp3) is 0.500. The summed E-state index contributed by atoms with van der Waals surface area (Å²) in [5, 5.41) is 9.05. The van der Waals surface area contributed by atoms with Gasteiger partial charge in [0.25, 0.3) is 0 Å². The van der Waals surface area contributed by atoms with Gasteiger partial charge in [0.05, 0.1) is 6.61 Å². The molecule has 0 saturated heterocycles. The number of unbranched alkanes of at least 4 members (excludes halogenated alkanes) is 1. The predicted octanol–water partition coefficient (Wildman–Crippen LogP) is 3.70. The Bertz CT molecular complexity index is 308. The molecule has 1 radical (unpaired) electrons. The topological polar surface area (TPSA) is 29.5 Å². The number of benzene rings is 1. The van der Waals surface area contributed by atoms with Crippen molar-refractivity contribution < 1.29 is 9.84 Å². The van der Waals surface area contributed by atoms with Crippen molar-refractivity contribution in [1.29, 1.82) is 0 Å². The minimum absolute atomic E-state index is 0.747. The Morgan fingerprint density at radius 3 is 2.62 bits per heavy atom. The van der Waals surface area contributed by atoms with E-state index in [9.17, 15) is 0 Å².